The molecular weight excluding hydrogens is 426 g/mol. The molecule has 0 spiro atoms. The lowest BCUT2D eigenvalue weighted by Crippen LogP contribution is -2.18. The SMILES string of the molecule is Cc1onc(-c2ccccc2)c1C(=O)N/N=C/c1ccc(OCc2ccccc2Cl)cc1. The van der Waals surface area contributed by atoms with Gasteiger partial charge in [0.2, 0.25) is 0 Å². The van der Waals surface area contributed by atoms with Crippen molar-refractivity contribution in [3.05, 3.63) is 106 Å². The number of carbonyl (C=O) groups excluding carboxylic acids is 1. The third-order valence-corrected chi connectivity index (χ3v) is 5.12. The minimum atomic E-state index is -0.390. The van der Waals surface area contributed by atoms with Crippen LogP contribution >= 0.6 is 11.6 Å². The molecular formula is C25H20ClN3O3. The van der Waals surface area contributed by atoms with Gasteiger partial charge in [0.1, 0.15) is 29.4 Å². The van der Waals surface area contributed by atoms with Crippen molar-refractivity contribution in [2.45, 2.75) is 13.5 Å². The predicted octanol–water partition coefficient (Wildman–Crippen LogP) is 5.65. The zero-order chi connectivity index (χ0) is 22.3. The highest BCUT2D eigenvalue weighted by atomic mass is 35.5. The molecule has 0 aliphatic heterocycles. The summed E-state index contributed by atoms with van der Waals surface area (Å²) in [4.78, 5) is 12.7. The van der Waals surface area contributed by atoms with Gasteiger partial charge in [-0.15, -0.1) is 0 Å². The van der Waals surface area contributed by atoms with Gasteiger partial charge in [-0.25, -0.2) is 5.43 Å². The average Bonchev–Trinajstić information content (AvgIpc) is 3.21. The molecule has 1 aromatic heterocycles. The third kappa shape index (κ3) is 5.04. The summed E-state index contributed by atoms with van der Waals surface area (Å²) in [5, 5.41) is 8.75. The number of nitrogens with one attached hydrogen (secondary N) is 1. The Labute approximate surface area is 190 Å². The highest BCUT2D eigenvalue weighted by Gasteiger charge is 2.21. The summed E-state index contributed by atoms with van der Waals surface area (Å²) in [5.74, 6) is 0.744. The highest BCUT2D eigenvalue weighted by Crippen LogP contribution is 2.25. The van der Waals surface area contributed by atoms with Crippen molar-refractivity contribution in [1.82, 2.24) is 10.6 Å². The number of benzene rings is 3. The lowest BCUT2D eigenvalue weighted by atomic mass is 10.1. The van der Waals surface area contributed by atoms with E-state index in [1.54, 1.807) is 13.1 Å². The fraction of sp³-hybridized carbons (Fsp3) is 0.0800. The van der Waals surface area contributed by atoms with Gasteiger partial charge in [0, 0.05) is 16.1 Å². The molecule has 1 N–H and O–H groups in total. The van der Waals surface area contributed by atoms with E-state index in [0.717, 1.165) is 16.7 Å². The summed E-state index contributed by atoms with van der Waals surface area (Å²) in [5.41, 5.74) is 5.90. The zero-order valence-corrected chi connectivity index (χ0v) is 18.0. The second kappa shape index (κ2) is 9.94. The molecule has 4 rings (SSSR count). The molecule has 0 saturated heterocycles. The van der Waals surface area contributed by atoms with Crippen molar-refractivity contribution in [1.29, 1.82) is 0 Å². The van der Waals surface area contributed by atoms with Gasteiger partial charge in [0.25, 0.3) is 5.91 Å². The number of aromatic nitrogens is 1. The molecule has 4 aromatic rings. The quantitative estimate of drug-likeness (QED) is 0.294. The van der Waals surface area contributed by atoms with E-state index in [1.165, 1.54) is 0 Å². The number of hydrazone groups is 1. The van der Waals surface area contributed by atoms with E-state index in [-0.39, 0.29) is 0 Å². The van der Waals surface area contributed by atoms with Gasteiger partial charge in [-0.2, -0.15) is 5.10 Å². The molecule has 160 valence electrons. The van der Waals surface area contributed by atoms with E-state index < -0.39 is 5.91 Å². The van der Waals surface area contributed by atoms with Crippen molar-refractivity contribution in [2.75, 3.05) is 0 Å². The van der Waals surface area contributed by atoms with Crippen LogP contribution in [0.3, 0.4) is 0 Å². The first kappa shape index (κ1) is 21.3. The molecule has 0 fully saturated rings. The number of ether oxygens (including phenoxy) is 1. The molecule has 1 heterocycles. The molecule has 0 unspecified atom stereocenters. The standard InChI is InChI=1S/C25H20ClN3O3/c1-17-23(24(29-32-17)19-7-3-2-4-8-19)25(30)28-27-15-18-11-13-21(14-12-18)31-16-20-9-5-6-10-22(20)26/h2-15H,16H2,1H3,(H,28,30)/b27-15+. The number of amides is 1. The van der Waals surface area contributed by atoms with Crippen LogP contribution in [0.15, 0.2) is 88.5 Å². The van der Waals surface area contributed by atoms with Crippen LogP contribution in [0, 0.1) is 6.92 Å². The number of carbonyl (C=O) groups is 1. The molecule has 3 aromatic carbocycles. The molecule has 0 saturated carbocycles. The van der Waals surface area contributed by atoms with Gasteiger partial charge >= 0.3 is 0 Å². The monoisotopic (exact) mass is 445 g/mol. The molecule has 1 amide bonds. The first-order chi connectivity index (χ1) is 15.6. The maximum atomic E-state index is 12.7. The molecule has 0 aliphatic rings. The van der Waals surface area contributed by atoms with Gasteiger partial charge < -0.3 is 9.26 Å². The Kier molecular flexibility index (Phi) is 6.63. The Morgan fingerprint density at radius 2 is 1.78 bits per heavy atom. The number of rotatable bonds is 7. The number of aryl methyl sites for hydroxylation is 1. The fourth-order valence-electron chi connectivity index (χ4n) is 3.08. The Bertz CT molecular complexity index is 1240. The van der Waals surface area contributed by atoms with E-state index in [2.05, 4.69) is 15.7 Å². The first-order valence-electron chi connectivity index (χ1n) is 9.93. The van der Waals surface area contributed by atoms with Crippen molar-refractivity contribution in [3.63, 3.8) is 0 Å². The Balaban J connectivity index is 1.37. The fourth-order valence-corrected chi connectivity index (χ4v) is 3.27. The molecule has 0 atom stereocenters. The van der Waals surface area contributed by atoms with Crippen LogP contribution in [-0.4, -0.2) is 17.3 Å². The largest absolute Gasteiger partial charge is 0.489 e. The lowest BCUT2D eigenvalue weighted by Gasteiger charge is -2.07. The summed E-state index contributed by atoms with van der Waals surface area (Å²) >= 11 is 6.15. The molecule has 0 aliphatic carbocycles. The van der Waals surface area contributed by atoms with E-state index in [1.807, 2.05) is 78.9 Å². The van der Waals surface area contributed by atoms with Crippen molar-refractivity contribution < 1.29 is 14.1 Å². The van der Waals surface area contributed by atoms with Crippen LogP contribution in [0.4, 0.5) is 0 Å². The molecule has 0 radical (unpaired) electrons. The van der Waals surface area contributed by atoms with E-state index in [9.17, 15) is 4.79 Å². The maximum absolute atomic E-state index is 12.7. The van der Waals surface area contributed by atoms with Gasteiger partial charge in [-0.1, -0.05) is 65.3 Å². The first-order valence-corrected chi connectivity index (χ1v) is 10.3. The zero-order valence-electron chi connectivity index (χ0n) is 17.3. The number of hydrogen-bond donors (Lipinski definition) is 1. The highest BCUT2D eigenvalue weighted by molar-refractivity contribution is 6.31. The van der Waals surface area contributed by atoms with Gasteiger partial charge in [0.05, 0.1) is 6.21 Å². The maximum Gasteiger partial charge on any atom is 0.277 e. The topological polar surface area (TPSA) is 76.7 Å². The molecule has 32 heavy (non-hydrogen) atoms. The van der Waals surface area contributed by atoms with E-state index in [0.29, 0.717) is 34.4 Å². The van der Waals surface area contributed by atoms with Crippen molar-refractivity contribution >= 4 is 23.7 Å². The lowest BCUT2D eigenvalue weighted by molar-refractivity contribution is 0.0954. The molecule has 0 bridgehead atoms. The minimum absolute atomic E-state index is 0.358. The number of nitrogens with zero attached hydrogens (tertiary/aromatic N) is 2. The van der Waals surface area contributed by atoms with E-state index in [4.69, 9.17) is 20.9 Å². The summed E-state index contributed by atoms with van der Waals surface area (Å²) in [6.07, 6.45) is 1.56. The van der Waals surface area contributed by atoms with Crippen LogP contribution in [0.25, 0.3) is 11.3 Å². The van der Waals surface area contributed by atoms with Crippen molar-refractivity contribution in [2.24, 2.45) is 5.10 Å². The number of hydrogen-bond acceptors (Lipinski definition) is 5. The van der Waals surface area contributed by atoms with Gasteiger partial charge in [-0.3, -0.25) is 4.79 Å². The number of halogens is 1. The minimum Gasteiger partial charge on any atom is -0.489 e. The summed E-state index contributed by atoms with van der Waals surface area (Å²) < 4.78 is 11.0. The second-order valence-corrected chi connectivity index (χ2v) is 7.38. The summed E-state index contributed by atoms with van der Waals surface area (Å²) in [6, 6.07) is 24.3. The Morgan fingerprint density at radius 1 is 1.06 bits per heavy atom. The summed E-state index contributed by atoms with van der Waals surface area (Å²) in [6.45, 7) is 2.07. The van der Waals surface area contributed by atoms with Gasteiger partial charge in [0.15, 0.2) is 0 Å². The second-order valence-electron chi connectivity index (χ2n) is 6.98. The molecule has 6 nitrogen and oxygen atoms in total. The van der Waals surface area contributed by atoms with Crippen LogP contribution in [0.1, 0.15) is 27.2 Å². The van der Waals surface area contributed by atoms with Crippen LogP contribution < -0.4 is 10.2 Å². The Morgan fingerprint density at radius 3 is 2.53 bits per heavy atom. The smallest absolute Gasteiger partial charge is 0.277 e. The summed E-state index contributed by atoms with van der Waals surface area (Å²) in [7, 11) is 0. The molecule has 7 heteroatoms. The third-order valence-electron chi connectivity index (χ3n) is 4.75. The predicted molar refractivity (Wildman–Crippen MR) is 124 cm³/mol. The normalized spacial score (nSPS) is 10.9. The van der Waals surface area contributed by atoms with E-state index >= 15 is 0 Å². The van der Waals surface area contributed by atoms with Crippen LogP contribution in [0.5, 0.6) is 5.75 Å². The van der Waals surface area contributed by atoms with Crippen LogP contribution in [-0.2, 0) is 6.61 Å². The average molecular weight is 446 g/mol. The van der Waals surface area contributed by atoms with Crippen LogP contribution in [0.2, 0.25) is 5.02 Å². The Hall–Kier alpha value is -3.90. The van der Waals surface area contributed by atoms with Crippen molar-refractivity contribution in [3.8, 4) is 17.0 Å². The van der Waals surface area contributed by atoms with Gasteiger partial charge in [-0.05, 0) is 42.8 Å².